The number of nitrogens with zero attached hydrogens (tertiary/aromatic N) is 1. The highest BCUT2D eigenvalue weighted by molar-refractivity contribution is 14.0. The van der Waals surface area contributed by atoms with Crippen molar-refractivity contribution in [3.05, 3.63) is 0 Å². The fourth-order valence-electron chi connectivity index (χ4n) is 2.25. The van der Waals surface area contributed by atoms with Crippen LogP contribution in [0.25, 0.3) is 0 Å². The van der Waals surface area contributed by atoms with Gasteiger partial charge >= 0.3 is 6.18 Å². The number of halogens is 4. The Kier molecular flexibility index (Phi) is 13.8. The molecular weight excluding hydrogens is 438 g/mol. The summed E-state index contributed by atoms with van der Waals surface area (Å²) in [7, 11) is 1.64. The topological polar surface area (TPSA) is 54.9 Å². The van der Waals surface area contributed by atoms with E-state index in [0.717, 1.165) is 25.9 Å². The van der Waals surface area contributed by atoms with Gasteiger partial charge < -0.3 is 20.1 Å². The Hall–Kier alpha value is -0.290. The lowest BCUT2D eigenvalue weighted by atomic mass is 10.2. The van der Waals surface area contributed by atoms with Crippen LogP contribution in [-0.2, 0) is 9.47 Å². The van der Waals surface area contributed by atoms with Crippen LogP contribution >= 0.6 is 24.0 Å². The average molecular weight is 467 g/mol. The third-order valence-electron chi connectivity index (χ3n) is 3.49. The maximum absolute atomic E-state index is 12.0. The molecule has 1 unspecified atom stereocenters. The zero-order valence-electron chi connectivity index (χ0n) is 14.2. The summed E-state index contributed by atoms with van der Waals surface area (Å²) in [6, 6.07) is 0. The number of ether oxygens (including phenoxy) is 2. The lowest BCUT2D eigenvalue weighted by Gasteiger charge is -2.13. The van der Waals surface area contributed by atoms with Gasteiger partial charge in [0, 0.05) is 39.8 Å². The molecule has 1 heterocycles. The van der Waals surface area contributed by atoms with Crippen LogP contribution < -0.4 is 10.6 Å². The number of hydrogen-bond donors (Lipinski definition) is 2. The van der Waals surface area contributed by atoms with E-state index in [0.29, 0.717) is 38.7 Å². The van der Waals surface area contributed by atoms with Crippen molar-refractivity contribution in [2.75, 3.05) is 40.0 Å². The van der Waals surface area contributed by atoms with Crippen molar-refractivity contribution in [1.29, 1.82) is 0 Å². The summed E-state index contributed by atoms with van der Waals surface area (Å²) in [5.74, 6) is 0.608. The van der Waals surface area contributed by atoms with Gasteiger partial charge in [-0.15, -0.1) is 24.0 Å². The minimum Gasteiger partial charge on any atom is -0.379 e. The Morgan fingerprint density at radius 3 is 2.50 bits per heavy atom. The second-order valence-corrected chi connectivity index (χ2v) is 5.56. The van der Waals surface area contributed by atoms with E-state index >= 15 is 0 Å². The van der Waals surface area contributed by atoms with Gasteiger partial charge in [-0.25, -0.2) is 0 Å². The number of guanidine groups is 1. The Balaban J connectivity index is 0.00000529. The van der Waals surface area contributed by atoms with Crippen molar-refractivity contribution in [3.8, 4) is 0 Å². The molecule has 0 aromatic heterocycles. The average Bonchev–Trinajstić information content (AvgIpc) is 3.00. The molecule has 1 atom stereocenters. The van der Waals surface area contributed by atoms with Crippen LogP contribution in [0.4, 0.5) is 13.2 Å². The monoisotopic (exact) mass is 467 g/mol. The van der Waals surface area contributed by atoms with E-state index in [1.165, 1.54) is 0 Å². The Bertz CT molecular complexity index is 338. The van der Waals surface area contributed by atoms with Crippen LogP contribution in [0.2, 0.25) is 0 Å². The summed E-state index contributed by atoms with van der Waals surface area (Å²) in [5, 5.41) is 6.11. The van der Waals surface area contributed by atoms with E-state index < -0.39 is 12.6 Å². The number of nitrogens with one attached hydrogen (secondary N) is 2. The first-order chi connectivity index (χ1) is 11.0. The molecule has 9 heteroatoms. The summed E-state index contributed by atoms with van der Waals surface area (Å²) in [6.07, 6.45) is -0.943. The van der Waals surface area contributed by atoms with E-state index in [1.54, 1.807) is 7.05 Å². The van der Waals surface area contributed by atoms with Crippen molar-refractivity contribution in [2.45, 2.75) is 50.8 Å². The third-order valence-corrected chi connectivity index (χ3v) is 3.49. The zero-order chi connectivity index (χ0) is 17.0. The van der Waals surface area contributed by atoms with Crippen molar-refractivity contribution < 1.29 is 22.6 Å². The van der Waals surface area contributed by atoms with Crippen molar-refractivity contribution >= 4 is 29.9 Å². The normalized spacial score (nSPS) is 18.3. The molecule has 144 valence electrons. The number of alkyl halides is 3. The summed E-state index contributed by atoms with van der Waals surface area (Å²) in [5.41, 5.74) is 0. The SMILES string of the molecule is CN=C(NCCCCC(F)(F)F)NCCCOCC1CCCO1.I. The standard InChI is InChI=1S/C15H28F3N3O2.HI/c1-19-14(20-8-3-2-7-15(16,17)18)21-9-5-10-22-12-13-6-4-11-23-13;/h13H,2-12H2,1H3,(H2,19,20,21);1H. The minimum atomic E-state index is -4.07. The van der Waals surface area contributed by atoms with Gasteiger partial charge in [-0.2, -0.15) is 13.2 Å². The van der Waals surface area contributed by atoms with E-state index in [2.05, 4.69) is 15.6 Å². The molecule has 0 radical (unpaired) electrons. The van der Waals surface area contributed by atoms with Crippen molar-refractivity contribution in [3.63, 3.8) is 0 Å². The van der Waals surface area contributed by atoms with Gasteiger partial charge in [-0.05, 0) is 32.1 Å². The Morgan fingerprint density at radius 2 is 1.92 bits per heavy atom. The van der Waals surface area contributed by atoms with Gasteiger partial charge in [-0.3, -0.25) is 4.99 Å². The van der Waals surface area contributed by atoms with Gasteiger partial charge in [0.05, 0.1) is 12.7 Å². The zero-order valence-corrected chi connectivity index (χ0v) is 16.5. The van der Waals surface area contributed by atoms with E-state index in [4.69, 9.17) is 9.47 Å². The molecule has 0 saturated carbocycles. The molecule has 0 aromatic rings. The molecule has 0 aromatic carbocycles. The Labute approximate surface area is 159 Å². The van der Waals surface area contributed by atoms with Crippen LogP contribution in [0.3, 0.4) is 0 Å². The van der Waals surface area contributed by atoms with Crippen LogP contribution in [0.15, 0.2) is 4.99 Å². The van der Waals surface area contributed by atoms with Gasteiger partial charge in [0.25, 0.3) is 0 Å². The molecular formula is C15H29F3IN3O2. The fraction of sp³-hybridized carbons (Fsp3) is 0.933. The fourth-order valence-corrected chi connectivity index (χ4v) is 2.25. The first kappa shape index (κ1) is 23.7. The minimum absolute atomic E-state index is 0. The second kappa shape index (κ2) is 13.9. The lowest BCUT2D eigenvalue weighted by Crippen LogP contribution is -2.38. The quantitative estimate of drug-likeness (QED) is 0.225. The molecule has 1 saturated heterocycles. The van der Waals surface area contributed by atoms with Crippen molar-refractivity contribution in [1.82, 2.24) is 10.6 Å². The second-order valence-electron chi connectivity index (χ2n) is 5.56. The third kappa shape index (κ3) is 13.1. The molecule has 0 amide bonds. The molecule has 2 N–H and O–H groups in total. The number of rotatable bonds is 10. The maximum atomic E-state index is 12.0. The van der Waals surface area contributed by atoms with Gasteiger partial charge in [0.2, 0.25) is 0 Å². The maximum Gasteiger partial charge on any atom is 0.389 e. The number of aliphatic imine (C=N–C) groups is 1. The number of hydrogen-bond acceptors (Lipinski definition) is 3. The molecule has 5 nitrogen and oxygen atoms in total. The van der Waals surface area contributed by atoms with Crippen LogP contribution in [-0.4, -0.2) is 58.2 Å². The molecule has 0 bridgehead atoms. The predicted octanol–water partition coefficient (Wildman–Crippen LogP) is 3.09. The van der Waals surface area contributed by atoms with Crippen LogP contribution in [0, 0.1) is 0 Å². The smallest absolute Gasteiger partial charge is 0.379 e. The molecule has 1 aliphatic rings. The van der Waals surface area contributed by atoms with E-state index in [9.17, 15) is 13.2 Å². The van der Waals surface area contributed by atoms with Gasteiger partial charge in [0.15, 0.2) is 5.96 Å². The van der Waals surface area contributed by atoms with Crippen LogP contribution in [0.5, 0.6) is 0 Å². The Morgan fingerprint density at radius 1 is 1.21 bits per heavy atom. The lowest BCUT2D eigenvalue weighted by molar-refractivity contribution is -0.135. The first-order valence-electron chi connectivity index (χ1n) is 8.22. The molecule has 1 rings (SSSR count). The molecule has 24 heavy (non-hydrogen) atoms. The highest BCUT2D eigenvalue weighted by Crippen LogP contribution is 2.21. The molecule has 1 aliphatic heterocycles. The van der Waals surface area contributed by atoms with Crippen LogP contribution in [0.1, 0.15) is 38.5 Å². The predicted molar refractivity (Wildman–Crippen MR) is 99.1 cm³/mol. The van der Waals surface area contributed by atoms with E-state index in [1.807, 2.05) is 0 Å². The summed E-state index contributed by atoms with van der Waals surface area (Å²) < 4.78 is 47.0. The number of unbranched alkanes of at least 4 members (excludes halogenated alkanes) is 1. The highest BCUT2D eigenvalue weighted by Gasteiger charge is 2.25. The summed E-state index contributed by atoms with van der Waals surface area (Å²) >= 11 is 0. The largest absolute Gasteiger partial charge is 0.389 e. The van der Waals surface area contributed by atoms with E-state index in [-0.39, 0.29) is 36.5 Å². The van der Waals surface area contributed by atoms with Gasteiger partial charge in [0.1, 0.15) is 0 Å². The first-order valence-corrected chi connectivity index (χ1v) is 8.22. The molecule has 1 fully saturated rings. The summed E-state index contributed by atoms with van der Waals surface area (Å²) in [6.45, 7) is 3.31. The molecule has 0 aliphatic carbocycles. The van der Waals surface area contributed by atoms with Gasteiger partial charge in [-0.1, -0.05) is 0 Å². The summed E-state index contributed by atoms with van der Waals surface area (Å²) in [4.78, 5) is 4.03. The van der Waals surface area contributed by atoms with Crippen molar-refractivity contribution in [2.24, 2.45) is 4.99 Å². The highest BCUT2D eigenvalue weighted by atomic mass is 127. The molecule has 0 spiro atoms.